The minimum atomic E-state index is -3.58. The summed E-state index contributed by atoms with van der Waals surface area (Å²) in [5.41, 5.74) is 1.49. The van der Waals surface area contributed by atoms with E-state index < -0.39 is 15.7 Å². The minimum absolute atomic E-state index is 0.0240. The number of rotatable bonds is 6. The van der Waals surface area contributed by atoms with Crippen LogP contribution in [0.25, 0.3) is 0 Å². The van der Waals surface area contributed by atoms with E-state index >= 15 is 0 Å². The van der Waals surface area contributed by atoms with Crippen LogP contribution in [0.1, 0.15) is 10.4 Å². The van der Waals surface area contributed by atoms with E-state index in [0.29, 0.717) is 18.8 Å². The molecule has 144 valence electrons. The lowest BCUT2D eigenvalue weighted by Gasteiger charge is -2.28. The predicted octanol–water partition coefficient (Wildman–Crippen LogP) is 1.87. The van der Waals surface area contributed by atoms with Gasteiger partial charge in [-0.05, 0) is 48.5 Å². The van der Waals surface area contributed by atoms with Crippen LogP contribution >= 0.6 is 0 Å². The second-order valence-electron chi connectivity index (χ2n) is 6.17. The molecule has 0 spiro atoms. The molecular weight excluding hydrogens is 371 g/mol. The van der Waals surface area contributed by atoms with Gasteiger partial charge in [0.25, 0.3) is 5.91 Å². The molecule has 0 radical (unpaired) electrons. The summed E-state index contributed by atoms with van der Waals surface area (Å²) in [7, 11) is -3.58. The van der Waals surface area contributed by atoms with Crippen LogP contribution < -0.4 is 10.2 Å². The lowest BCUT2D eigenvalue weighted by atomic mass is 10.1. The molecule has 1 aliphatic rings. The highest BCUT2D eigenvalue weighted by molar-refractivity contribution is 7.91. The molecule has 8 heteroatoms. The monoisotopic (exact) mass is 392 g/mol. The van der Waals surface area contributed by atoms with Crippen molar-refractivity contribution in [1.82, 2.24) is 5.32 Å². The zero-order valence-corrected chi connectivity index (χ0v) is 15.5. The van der Waals surface area contributed by atoms with Crippen molar-refractivity contribution in [3.8, 4) is 0 Å². The van der Waals surface area contributed by atoms with Crippen molar-refractivity contribution >= 4 is 21.4 Å². The van der Waals surface area contributed by atoms with Gasteiger partial charge in [-0.3, -0.25) is 4.79 Å². The van der Waals surface area contributed by atoms with Crippen molar-refractivity contribution < 1.29 is 22.3 Å². The van der Waals surface area contributed by atoms with E-state index in [1.54, 1.807) is 12.1 Å². The molecule has 0 saturated carbocycles. The molecule has 0 atom stereocenters. The number of sulfone groups is 1. The SMILES string of the molecule is O=C(NCCS(=O)(=O)c1ccc(F)cc1)c1ccc(N2CCOCC2)cc1. The predicted molar refractivity (Wildman–Crippen MR) is 100 cm³/mol. The first kappa shape index (κ1) is 19.3. The van der Waals surface area contributed by atoms with Gasteiger partial charge in [-0.15, -0.1) is 0 Å². The summed E-state index contributed by atoms with van der Waals surface area (Å²) >= 11 is 0. The first-order valence-electron chi connectivity index (χ1n) is 8.65. The molecule has 2 aromatic rings. The number of anilines is 1. The zero-order chi connectivity index (χ0) is 19.3. The minimum Gasteiger partial charge on any atom is -0.378 e. The highest BCUT2D eigenvalue weighted by Crippen LogP contribution is 2.17. The van der Waals surface area contributed by atoms with E-state index in [-0.39, 0.29) is 23.1 Å². The van der Waals surface area contributed by atoms with Gasteiger partial charge in [0.15, 0.2) is 9.84 Å². The number of benzene rings is 2. The fourth-order valence-electron chi connectivity index (χ4n) is 2.81. The molecule has 0 bridgehead atoms. The number of halogens is 1. The summed E-state index contributed by atoms with van der Waals surface area (Å²) in [4.78, 5) is 14.4. The van der Waals surface area contributed by atoms with E-state index in [1.165, 1.54) is 12.1 Å². The summed E-state index contributed by atoms with van der Waals surface area (Å²) in [6, 6.07) is 11.8. The number of ether oxygens (including phenoxy) is 1. The van der Waals surface area contributed by atoms with Gasteiger partial charge in [-0.2, -0.15) is 0 Å². The Labute approximate surface area is 157 Å². The Hall–Kier alpha value is -2.45. The number of morpholine rings is 1. The van der Waals surface area contributed by atoms with Gasteiger partial charge in [0.2, 0.25) is 0 Å². The van der Waals surface area contributed by atoms with Crippen LogP contribution in [0.5, 0.6) is 0 Å². The van der Waals surface area contributed by atoms with Gasteiger partial charge in [-0.1, -0.05) is 0 Å². The molecule has 0 aliphatic carbocycles. The van der Waals surface area contributed by atoms with Crippen molar-refractivity contribution in [2.75, 3.05) is 43.5 Å². The molecule has 27 heavy (non-hydrogen) atoms. The summed E-state index contributed by atoms with van der Waals surface area (Å²) in [5.74, 6) is -1.09. The number of hydrogen-bond donors (Lipinski definition) is 1. The fraction of sp³-hybridized carbons (Fsp3) is 0.316. The first-order valence-corrected chi connectivity index (χ1v) is 10.3. The van der Waals surface area contributed by atoms with Crippen LogP contribution in [0.4, 0.5) is 10.1 Å². The van der Waals surface area contributed by atoms with Crippen LogP contribution in [-0.4, -0.2) is 52.9 Å². The molecule has 1 fully saturated rings. The van der Waals surface area contributed by atoms with E-state index in [4.69, 9.17) is 4.74 Å². The first-order chi connectivity index (χ1) is 13.0. The van der Waals surface area contributed by atoms with Crippen molar-refractivity contribution in [3.05, 3.63) is 59.9 Å². The Morgan fingerprint density at radius 1 is 1.04 bits per heavy atom. The third-order valence-corrected chi connectivity index (χ3v) is 6.07. The van der Waals surface area contributed by atoms with E-state index in [9.17, 15) is 17.6 Å². The largest absolute Gasteiger partial charge is 0.378 e. The van der Waals surface area contributed by atoms with Gasteiger partial charge in [-0.25, -0.2) is 12.8 Å². The smallest absolute Gasteiger partial charge is 0.251 e. The third-order valence-electron chi connectivity index (χ3n) is 4.33. The average Bonchev–Trinajstić information content (AvgIpc) is 2.69. The van der Waals surface area contributed by atoms with E-state index in [0.717, 1.165) is 30.9 Å². The van der Waals surface area contributed by atoms with Crippen molar-refractivity contribution in [3.63, 3.8) is 0 Å². The summed E-state index contributed by atoms with van der Waals surface area (Å²) in [6.45, 7) is 2.97. The average molecular weight is 392 g/mol. The van der Waals surface area contributed by atoms with Crippen LogP contribution in [0, 0.1) is 5.82 Å². The standard InChI is InChI=1S/C19H21FN2O4S/c20-16-3-7-18(8-4-16)27(24,25)14-9-21-19(23)15-1-5-17(6-2-15)22-10-12-26-13-11-22/h1-8H,9-14H2,(H,21,23). The molecular formula is C19H21FN2O4S. The van der Waals surface area contributed by atoms with Gasteiger partial charge in [0, 0.05) is 30.9 Å². The number of hydrogen-bond acceptors (Lipinski definition) is 5. The molecule has 2 aromatic carbocycles. The lowest BCUT2D eigenvalue weighted by molar-refractivity contribution is 0.0956. The second kappa shape index (κ2) is 8.49. The van der Waals surface area contributed by atoms with Gasteiger partial charge in [0.05, 0.1) is 23.9 Å². The highest BCUT2D eigenvalue weighted by Gasteiger charge is 2.16. The quantitative estimate of drug-likeness (QED) is 0.760. The maximum absolute atomic E-state index is 12.9. The molecule has 6 nitrogen and oxygen atoms in total. The number of carbonyl (C=O) groups is 1. The molecule has 3 rings (SSSR count). The maximum Gasteiger partial charge on any atom is 0.251 e. The summed E-state index contributed by atoms with van der Waals surface area (Å²) in [5, 5.41) is 2.61. The number of carbonyl (C=O) groups excluding carboxylic acids is 1. The Morgan fingerprint density at radius 2 is 1.67 bits per heavy atom. The van der Waals surface area contributed by atoms with Gasteiger partial charge in [0.1, 0.15) is 5.82 Å². The Morgan fingerprint density at radius 3 is 2.30 bits per heavy atom. The van der Waals surface area contributed by atoms with Crippen LogP contribution in [-0.2, 0) is 14.6 Å². The molecule has 0 aromatic heterocycles. The molecule has 1 N–H and O–H groups in total. The van der Waals surface area contributed by atoms with Crippen molar-refractivity contribution in [1.29, 1.82) is 0 Å². The highest BCUT2D eigenvalue weighted by atomic mass is 32.2. The summed E-state index contributed by atoms with van der Waals surface area (Å²) < 4.78 is 42.6. The number of nitrogens with zero attached hydrogens (tertiary/aromatic N) is 1. The number of nitrogens with one attached hydrogen (secondary N) is 1. The topological polar surface area (TPSA) is 75.7 Å². The van der Waals surface area contributed by atoms with Crippen molar-refractivity contribution in [2.45, 2.75) is 4.90 Å². The molecule has 1 aliphatic heterocycles. The molecule has 1 amide bonds. The molecule has 0 unspecified atom stereocenters. The van der Waals surface area contributed by atoms with E-state index in [1.807, 2.05) is 12.1 Å². The molecule has 1 saturated heterocycles. The van der Waals surface area contributed by atoms with E-state index in [2.05, 4.69) is 10.2 Å². The Balaban J connectivity index is 1.53. The van der Waals surface area contributed by atoms with Crippen LogP contribution in [0.3, 0.4) is 0 Å². The summed E-state index contributed by atoms with van der Waals surface area (Å²) in [6.07, 6.45) is 0. The lowest BCUT2D eigenvalue weighted by Crippen LogP contribution is -2.36. The molecule has 1 heterocycles. The normalized spacial score (nSPS) is 14.8. The maximum atomic E-state index is 12.9. The van der Waals surface area contributed by atoms with Gasteiger partial charge >= 0.3 is 0 Å². The second-order valence-corrected chi connectivity index (χ2v) is 8.28. The van der Waals surface area contributed by atoms with Crippen LogP contribution in [0.2, 0.25) is 0 Å². The van der Waals surface area contributed by atoms with Crippen molar-refractivity contribution in [2.24, 2.45) is 0 Å². The fourth-order valence-corrected chi connectivity index (χ4v) is 3.96. The zero-order valence-electron chi connectivity index (χ0n) is 14.7. The number of amides is 1. The Bertz CT molecular complexity index is 877. The van der Waals surface area contributed by atoms with Crippen LogP contribution in [0.15, 0.2) is 53.4 Å². The Kier molecular flexibility index (Phi) is 6.08. The third kappa shape index (κ3) is 5.05. The van der Waals surface area contributed by atoms with Gasteiger partial charge < -0.3 is 15.0 Å².